The fourth-order valence-electron chi connectivity index (χ4n) is 2.62. The Morgan fingerprint density at radius 1 is 1.00 bits per heavy atom. The van der Waals surface area contributed by atoms with Crippen molar-refractivity contribution in [3.8, 4) is 10.6 Å². The van der Waals surface area contributed by atoms with Gasteiger partial charge in [-0.2, -0.15) is 0 Å². The molecule has 0 aliphatic carbocycles. The molecule has 0 radical (unpaired) electrons. The predicted molar refractivity (Wildman–Crippen MR) is 127 cm³/mol. The number of anilines is 2. The minimum atomic E-state index is -3.82. The van der Waals surface area contributed by atoms with E-state index in [9.17, 15) is 13.2 Å². The summed E-state index contributed by atoms with van der Waals surface area (Å²) in [7, 11) is -3.82. The van der Waals surface area contributed by atoms with Gasteiger partial charge in [-0.15, -0.1) is 22.7 Å². The van der Waals surface area contributed by atoms with E-state index in [4.69, 9.17) is 23.2 Å². The lowest BCUT2D eigenvalue weighted by atomic mass is 10.2. The second-order valence-electron chi connectivity index (χ2n) is 6.24. The zero-order valence-electron chi connectivity index (χ0n) is 15.5. The van der Waals surface area contributed by atoms with Crippen LogP contribution < -0.4 is 10.0 Å². The highest BCUT2D eigenvalue weighted by molar-refractivity contribution is 7.92. The van der Waals surface area contributed by atoms with E-state index < -0.39 is 15.9 Å². The van der Waals surface area contributed by atoms with Crippen LogP contribution in [0.25, 0.3) is 10.6 Å². The first-order valence-corrected chi connectivity index (χ1v) is 12.6. The Bertz CT molecular complexity index is 1350. The molecule has 31 heavy (non-hydrogen) atoms. The van der Waals surface area contributed by atoms with Gasteiger partial charge in [-0.05, 0) is 54.6 Å². The second-order valence-corrected chi connectivity index (χ2v) is 10.9. The first-order chi connectivity index (χ1) is 14.8. The number of rotatable bonds is 6. The number of hydrogen-bond donors (Lipinski definition) is 2. The summed E-state index contributed by atoms with van der Waals surface area (Å²) < 4.78 is 28.2. The number of sulfonamides is 1. The Morgan fingerprint density at radius 2 is 1.77 bits per heavy atom. The van der Waals surface area contributed by atoms with Gasteiger partial charge in [0.05, 0.1) is 19.8 Å². The lowest BCUT2D eigenvalue weighted by Gasteiger charge is -2.09. The Morgan fingerprint density at radius 3 is 2.48 bits per heavy atom. The van der Waals surface area contributed by atoms with Crippen LogP contribution in [0.1, 0.15) is 10.4 Å². The molecule has 2 heterocycles. The number of nitrogens with zero attached hydrogens (tertiary/aromatic N) is 1. The standard InChI is InChI=1S/C20H13Cl2N3O3S3/c21-13-4-6-15(7-5-13)31(27,28)25-14-3-1-2-12(10-14)19(26)24-20-23-16(11-29-20)17-8-9-18(22)30-17/h1-11,25H,(H,23,24,26). The minimum absolute atomic E-state index is 0.0655. The molecule has 1 amide bonds. The van der Waals surface area contributed by atoms with Gasteiger partial charge in [0.2, 0.25) is 0 Å². The molecule has 0 unspecified atom stereocenters. The molecule has 2 aromatic heterocycles. The molecule has 0 spiro atoms. The van der Waals surface area contributed by atoms with Gasteiger partial charge in [0.15, 0.2) is 5.13 Å². The number of carbonyl (C=O) groups excluding carboxylic acids is 1. The number of benzene rings is 2. The van der Waals surface area contributed by atoms with E-state index in [1.54, 1.807) is 24.3 Å². The summed E-state index contributed by atoms with van der Waals surface area (Å²) in [4.78, 5) is 18.0. The van der Waals surface area contributed by atoms with Crippen LogP contribution in [-0.4, -0.2) is 19.3 Å². The summed E-state index contributed by atoms with van der Waals surface area (Å²) >= 11 is 14.5. The van der Waals surface area contributed by atoms with E-state index in [2.05, 4.69) is 15.0 Å². The summed E-state index contributed by atoms with van der Waals surface area (Å²) in [5.41, 5.74) is 1.27. The van der Waals surface area contributed by atoms with Gasteiger partial charge < -0.3 is 0 Å². The third-order valence-corrected chi connectivity index (χ3v) is 7.71. The number of thiazole rings is 1. The number of nitrogens with one attached hydrogen (secondary N) is 2. The van der Waals surface area contributed by atoms with E-state index in [-0.39, 0.29) is 16.1 Å². The molecule has 0 saturated heterocycles. The third kappa shape index (κ3) is 5.25. The highest BCUT2D eigenvalue weighted by atomic mass is 35.5. The molecule has 158 valence electrons. The molecule has 4 aromatic rings. The van der Waals surface area contributed by atoms with E-state index in [0.29, 0.717) is 14.5 Å². The molecular weight excluding hydrogens is 497 g/mol. The van der Waals surface area contributed by atoms with Crippen molar-refractivity contribution in [2.45, 2.75) is 4.90 Å². The van der Waals surface area contributed by atoms with Crippen LogP contribution in [0.2, 0.25) is 9.36 Å². The normalized spacial score (nSPS) is 11.3. The lowest BCUT2D eigenvalue weighted by Crippen LogP contribution is -2.15. The fourth-order valence-corrected chi connectivity index (χ4v) is 5.58. The zero-order valence-corrected chi connectivity index (χ0v) is 19.5. The molecule has 0 saturated carbocycles. The highest BCUT2D eigenvalue weighted by Gasteiger charge is 2.16. The molecule has 4 rings (SSSR count). The largest absolute Gasteiger partial charge is 0.298 e. The first-order valence-electron chi connectivity index (χ1n) is 8.71. The average molecular weight is 510 g/mol. The van der Waals surface area contributed by atoms with Gasteiger partial charge in [-0.25, -0.2) is 13.4 Å². The van der Waals surface area contributed by atoms with Crippen molar-refractivity contribution < 1.29 is 13.2 Å². The van der Waals surface area contributed by atoms with Crippen LogP contribution in [0.15, 0.2) is 70.9 Å². The number of aromatic nitrogens is 1. The monoisotopic (exact) mass is 509 g/mol. The van der Waals surface area contributed by atoms with Gasteiger partial charge in [0, 0.05) is 21.7 Å². The topological polar surface area (TPSA) is 88.2 Å². The van der Waals surface area contributed by atoms with E-state index >= 15 is 0 Å². The van der Waals surface area contributed by atoms with Crippen molar-refractivity contribution in [1.82, 2.24) is 4.98 Å². The van der Waals surface area contributed by atoms with Gasteiger partial charge in [0.1, 0.15) is 0 Å². The Hall–Kier alpha value is -2.43. The van der Waals surface area contributed by atoms with E-state index in [1.165, 1.54) is 53.0 Å². The third-order valence-electron chi connectivity index (χ3n) is 4.05. The van der Waals surface area contributed by atoms with Crippen LogP contribution in [-0.2, 0) is 10.0 Å². The maximum Gasteiger partial charge on any atom is 0.261 e. The smallest absolute Gasteiger partial charge is 0.261 e. The number of thiophene rings is 1. The van der Waals surface area contributed by atoms with Crippen LogP contribution in [0, 0.1) is 0 Å². The Kier molecular flexibility index (Phi) is 6.31. The number of hydrogen-bond acceptors (Lipinski definition) is 6. The molecular formula is C20H13Cl2N3O3S3. The van der Waals surface area contributed by atoms with Crippen LogP contribution >= 0.6 is 45.9 Å². The summed E-state index contributed by atoms with van der Waals surface area (Å²) in [5, 5.41) is 5.42. The lowest BCUT2D eigenvalue weighted by molar-refractivity contribution is 0.102. The molecule has 0 atom stereocenters. The molecule has 6 nitrogen and oxygen atoms in total. The number of amides is 1. The van der Waals surface area contributed by atoms with Gasteiger partial charge in [-0.1, -0.05) is 29.3 Å². The van der Waals surface area contributed by atoms with Gasteiger partial charge >= 0.3 is 0 Å². The van der Waals surface area contributed by atoms with Crippen LogP contribution in [0.4, 0.5) is 10.8 Å². The van der Waals surface area contributed by atoms with Crippen molar-refractivity contribution in [3.63, 3.8) is 0 Å². The summed E-state index contributed by atoms with van der Waals surface area (Å²) in [6.07, 6.45) is 0. The van der Waals surface area contributed by atoms with Crippen molar-refractivity contribution in [3.05, 3.63) is 81.0 Å². The SMILES string of the molecule is O=C(Nc1nc(-c2ccc(Cl)s2)cs1)c1cccc(NS(=O)(=O)c2ccc(Cl)cc2)c1. The van der Waals surface area contributed by atoms with E-state index in [0.717, 1.165) is 10.6 Å². The maximum absolute atomic E-state index is 12.6. The summed E-state index contributed by atoms with van der Waals surface area (Å²) in [6.45, 7) is 0. The minimum Gasteiger partial charge on any atom is -0.298 e. The van der Waals surface area contributed by atoms with Crippen LogP contribution in [0.5, 0.6) is 0 Å². The van der Waals surface area contributed by atoms with Crippen molar-refractivity contribution in [2.75, 3.05) is 10.0 Å². The second kappa shape index (κ2) is 8.97. The molecule has 0 aliphatic rings. The van der Waals surface area contributed by atoms with E-state index in [1.807, 2.05) is 11.4 Å². The summed E-state index contributed by atoms with van der Waals surface area (Å²) in [5.74, 6) is -0.405. The first kappa shape index (κ1) is 21.8. The molecule has 2 aromatic carbocycles. The van der Waals surface area contributed by atoms with Crippen molar-refractivity contribution in [2.24, 2.45) is 0 Å². The van der Waals surface area contributed by atoms with Crippen molar-refractivity contribution >= 4 is 72.6 Å². The van der Waals surface area contributed by atoms with Crippen molar-refractivity contribution in [1.29, 1.82) is 0 Å². The fraction of sp³-hybridized carbons (Fsp3) is 0. The molecule has 0 fully saturated rings. The maximum atomic E-state index is 12.6. The molecule has 0 aliphatic heterocycles. The van der Waals surface area contributed by atoms with Gasteiger partial charge in [0.25, 0.3) is 15.9 Å². The predicted octanol–water partition coefficient (Wildman–Crippen LogP) is 6.23. The van der Waals surface area contributed by atoms with Gasteiger partial charge in [-0.3, -0.25) is 14.8 Å². The summed E-state index contributed by atoms with van der Waals surface area (Å²) in [6, 6.07) is 15.6. The number of halogens is 2. The van der Waals surface area contributed by atoms with Crippen LogP contribution in [0.3, 0.4) is 0 Å². The quantitative estimate of drug-likeness (QED) is 0.322. The highest BCUT2D eigenvalue weighted by Crippen LogP contribution is 2.33. The average Bonchev–Trinajstić information content (AvgIpc) is 3.37. The zero-order chi connectivity index (χ0) is 22.0. The molecule has 11 heteroatoms. The Labute approximate surface area is 196 Å². The Balaban J connectivity index is 1.48. The molecule has 0 bridgehead atoms. The molecule has 2 N–H and O–H groups in total. The number of carbonyl (C=O) groups is 1.